The van der Waals surface area contributed by atoms with E-state index >= 15 is 0 Å². The van der Waals surface area contributed by atoms with Crippen LogP contribution in [0.15, 0.2) is 30.3 Å². The Hall–Kier alpha value is -0.820. The molecule has 1 aromatic rings. The van der Waals surface area contributed by atoms with Gasteiger partial charge in [0.1, 0.15) is 0 Å². The minimum Gasteiger partial charge on any atom is -0.300 e. The van der Waals surface area contributed by atoms with Crippen molar-refractivity contribution in [1.82, 2.24) is 4.90 Å². The first-order valence-corrected chi connectivity index (χ1v) is 6.22. The molecule has 1 heteroatoms. The third-order valence-electron chi connectivity index (χ3n) is 3.79. The predicted molar refractivity (Wildman–Crippen MR) is 63.0 cm³/mol. The smallest absolute Gasteiger partial charge is 0.00966 e. The van der Waals surface area contributed by atoms with E-state index in [1.54, 1.807) is 5.56 Å². The van der Waals surface area contributed by atoms with Crippen molar-refractivity contribution in [3.63, 3.8) is 0 Å². The maximum Gasteiger partial charge on any atom is 0.00966 e. The lowest BCUT2D eigenvalue weighted by atomic mass is 9.90. The number of hydrogen-bond acceptors (Lipinski definition) is 1. The normalized spacial score (nSPS) is 27.9. The van der Waals surface area contributed by atoms with Crippen LogP contribution in [0, 0.1) is 0 Å². The van der Waals surface area contributed by atoms with Gasteiger partial charge in [0.2, 0.25) is 0 Å². The molecule has 80 valence electrons. The van der Waals surface area contributed by atoms with Crippen molar-refractivity contribution < 1.29 is 0 Å². The maximum absolute atomic E-state index is 2.71. The van der Waals surface area contributed by atoms with Crippen molar-refractivity contribution in [2.75, 3.05) is 13.1 Å². The van der Waals surface area contributed by atoms with E-state index in [9.17, 15) is 0 Å². The second-order valence-corrected chi connectivity index (χ2v) is 4.98. The van der Waals surface area contributed by atoms with E-state index in [2.05, 4.69) is 35.2 Å². The van der Waals surface area contributed by atoms with Gasteiger partial charge >= 0.3 is 0 Å². The average Bonchev–Trinajstić information content (AvgIpc) is 3.14. The highest BCUT2D eigenvalue weighted by atomic mass is 15.2. The van der Waals surface area contributed by atoms with Crippen LogP contribution in [0.25, 0.3) is 0 Å². The Bertz CT molecular complexity index is 315. The molecule has 1 aromatic carbocycles. The third-order valence-corrected chi connectivity index (χ3v) is 3.79. The van der Waals surface area contributed by atoms with Crippen molar-refractivity contribution in [1.29, 1.82) is 0 Å². The monoisotopic (exact) mass is 201 g/mol. The van der Waals surface area contributed by atoms with Crippen LogP contribution in [-0.2, 0) is 0 Å². The van der Waals surface area contributed by atoms with Crippen LogP contribution in [0.3, 0.4) is 0 Å². The molecular weight excluding hydrogens is 182 g/mol. The summed E-state index contributed by atoms with van der Waals surface area (Å²) in [7, 11) is 0. The largest absolute Gasteiger partial charge is 0.300 e. The molecule has 1 nitrogen and oxygen atoms in total. The highest BCUT2D eigenvalue weighted by Gasteiger charge is 2.32. The number of benzene rings is 1. The molecule has 0 spiro atoms. The minimum absolute atomic E-state index is 0.792. The first-order chi connectivity index (χ1) is 7.43. The highest BCUT2D eigenvalue weighted by molar-refractivity contribution is 5.20. The molecule has 1 aliphatic heterocycles. The van der Waals surface area contributed by atoms with E-state index in [-0.39, 0.29) is 0 Å². The zero-order chi connectivity index (χ0) is 10.1. The molecule has 0 aromatic heterocycles. The molecule has 0 unspecified atom stereocenters. The van der Waals surface area contributed by atoms with Crippen molar-refractivity contribution >= 4 is 0 Å². The second kappa shape index (κ2) is 3.97. The van der Waals surface area contributed by atoms with Crippen LogP contribution >= 0.6 is 0 Å². The van der Waals surface area contributed by atoms with E-state index in [4.69, 9.17) is 0 Å². The summed E-state index contributed by atoms with van der Waals surface area (Å²) in [5.41, 5.74) is 1.54. The fourth-order valence-electron chi connectivity index (χ4n) is 2.78. The summed E-state index contributed by atoms with van der Waals surface area (Å²) < 4.78 is 0. The molecule has 0 radical (unpaired) electrons. The molecule has 1 aliphatic carbocycles. The third kappa shape index (κ3) is 2.07. The lowest BCUT2D eigenvalue weighted by Gasteiger charge is -2.33. The lowest BCUT2D eigenvalue weighted by Crippen LogP contribution is -2.35. The van der Waals surface area contributed by atoms with Crippen LogP contribution in [0.4, 0.5) is 0 Å². The molecule has 2 aliphatic rings. The van der Waals surface area contributed by atoms with Crippen molar-refractivity contribution in [2.24, 2.45) is 0 Å². The Labute approximate surface area is 92.1 Å². The molecule has 1 heterocycles. The quantitative estimate of drug-likeness (QED) is 0.711. The van der Waals surface area contributed by atoms with Gasteiger partial charge < -0.3 is 0 Å². The first kappa shape index (κ1) is 9.41. The van der Waals surface area contributed by atoms with Crippen LogP contribution in [-0.4, -0.2) is 24.0 Å². The topological polar surface area (TPSA) is 3.24 Å². The summed E-state index contributed by atoms with van der Waals surface area (Å²) in [5.74, 6) is 0.792. The van der Waals surface area contributed by atoms with E-state index < -0.39 is 0 Å². The SMILES string of the molecule is c1ccc([C@@H]2CCCN(C3CC3)C2)cc1. The Kier molecular flexibility index (Phi) is 2.49. The van der Waals surface area contributed by atoms with E-state index in [0.717, 1.165) is 12.0 Å². The standard InChI is InChI=1S/C14H19N/c1-2-5-12(6-3-1)13-7-4-10-15(11-13)14-8-9-14/h1-3,5-6,13-14H,4,7-11H2/t13-/m1/s1. The van der Waals surface area contributed by atoms with Gasteiger partial charge in [0.05, 0.1) is 0 Å². The average molecular weight is 201 g/mol. The molecule has 1 saturated heterocycles. The van der Waals surface area contributed by atoms with Gasteiger partial charge in [-0.05, 0) is 43.7 Å². The van der Waals surface area contributed by atoms with Gasteiger partial charge in [-0.3, -0.25) is 4.90 Å². The van der Waals surface area contributed by atoms with Gasteiger partial charge in [0, 0.05) is 12.6 Å². The Balaban J connectivity index is 1.70. The summed E-state index contributed by atoms with van der Waals surface area (Å²) in [6, 6.07) is 12.0. The van der Waals surface area contributed by atoms with E-state index in [1.165, 1.54) is 38.8 Å². The summed E-state index contributed by atoms with van der Waals surface area (Å²) in [6.45, 7) is 2.64. The summed E-state index contributed by atoms with van der Waals surface area (Å²) >= 11 is 0. The molecule has 0 N–H and O–H groups in total. The molecule has 1 saturated carbocycles. The van der Waals surface area contributed by atoms with Crippen LogP contribution < -0.4 is 0 Å². The number of likely N-dealkylation sites (tertiary alicyclic amines) is 1. The van der Waals surface area contributed by atoms with Gasteiger partial charge in [-0.25, -0.2) is 0 Å². The Morgan fingerprint density at radius 2 is 1.80 bits per heavy atom. The number of nitrogens with zero attached hydrogens (tertiary/aromatic N) is 1. The highest BCUT2D eigenvalue weighted by Crippen LogP contribution is 2.34. The molecule has 3 rings (SSSR count). The minimum atomic E-state index is 0.792. The van der Waals surface area contributed by atoms with Crippen molar-refractivity contribution in [3.8, 4) is 0 Å². The molecular formula is C14H19N. The number of hydrogen-bond donors (Lipinski definition) is 0. The van der Waals surface area contributed by atoms with Crippen molar-refractivity contribution in [2.45, 2.75) is 37.6 Å². The summed E-state index contributed by atoms with van der Waals surface area (Å²) in [4.78, 5) is 2.71. The van der Waals surface area contributed by atoms with Gasteiger partial charge in [-0.2, -0.15) is 0 Å². The lowest BCUT2D eigenvalue weighted by molar-refractivity contribution is 0.199. The fourth-order valence-corrected chi connectivity index (χ4v) is 2.78. The van der Waals surface area contributed by atoms with Crippen LogP contribution in [0.1, 0.15) is 37.2 Å². The first-order valence-electron chi connectivity index (χ1n) is 6.22. The van der Waals surface area contributed by atoms with E-state index in [1.807, 2.05) is 0 Å². The molecule has 1 atom stereocenters. The predicted octanol–water partition coefficient (Wildman–Crippen LogP) is 3.03. The van der Waals surface area contributed by atoms with Gasteiger partial charge in [-0.1, -0.05) is 30.3 Å². The Morgan fingerprint density at radius 1 is 1.00 bits per heavy atom. The molecule has 0 bridgehead atoms. The zero-order valence-corrected chi connectivity index (χ0v) is 9.23. The van der Waals surface area contributed by atoms with Crippen LogP contribution in [0.5, 0.6) is 0 Å². The van der Waals surface area contributed by atoms with Crippen molar-refractivity contribution in [3.05, 3.63) is 35.9 Å². The van der Waals surface area contributed by atoms with Gasteiger partial charge in [0.25, 0.3) is 0 Å². The molecule has 2 fully saturated rings. The van der Waals surface area contributed by atoms with E-state index in [0.29, 0.717) is 0 Å². The van der Waals surface area contributed by atoms with Gasteiger partial charge in [0.15, 0.2) is 0 Å². The van der Waals surface area contributed by atoms with Gasteiger partial charge in [-0.15, -0.1) is 0 Å². The zero-order valence-electron chi connectivity index (χ0n) is 9.23. The summed E-state index contributed by atoms with van der Waals surface area (Å²) in [6.07, 6.45) is 5.66. The molecule has 15 heavy (non-hydrogen) atoms. The number of piperidine rings is 1. The molecule has 0 amide bonds. The number of rotatable bonds is 2. The maximum atomic E-state index is 2.71. The Morgan fingerprint density at radius 3 is 2.53 bits per heavy atom. The fraction of sp³-hybridized carbons (Fsp3) is 0.571. The summed E-state index contributed by atoms with van der Waals surface area (Å²) in [5, 5.41) is 0. The second-order valence-electron chi connectivity index (χ2n) is 4.98. The van der Waals surface area contributed by atoms with Crippen LogP contribution in [0.2, 0.25) is 0 Å².